The summed E-state index contributed by atoms with van der Waals surface area (Å²) in [6, 6.07) is 0.263. The molecule has 0 saturated carbocycles. The van der Waals surface area contributed by atoms with E-state index >= 15 is 0 Å². The van der Waals surface area contributed by atoms with E-state index in [4.69, 9.17) is 18.9 Å². The Morgan fingerprint density at radius 3 is 2.24 bits per heavy atom. The van der Waals surface area contributed by atoms with Gasteiger partial charge >= 0.3 is 0 Å². The van der Waals surface area contributed by atoms with E-state index in [0.717, 1.165) is 13.0 Å². The number of nitrogens with one attached hydrogen (secondary N) is 1. The first-order valence-corrected chi connectivity index (χ1v) is 6.21. The zero-order chi connectivity index (χ0) is 12.8. The molecule has 1 unspecified atom stereocenters. The maximum absolute atomic E-state index is 5.52. The van der Waals surface area contributed by atoms with Gasteiger partial charge in [-0.25, -0.2) is 0 Å². The number of rotatable bonds is 13. The summed E-state index contributed by atoms with van der Waals surface area (Å²) in [6.45, 7) is 6.92. The summed E-state index contributed by atoms with van der Waals surface area (Å²) in [7, 11) is 3.36. The summed E-state index contributed by atoms with van der Waals surface area (Å²) in [5.74, 6) is 0. The fourth-order valence-corrected chi connectivity index (χ4v) is 1.30. The molecule has 0 aromatic carbocycles. The zero-order valence-corrected chi connectivity index (χ0v) is 11.4. The second kappa shape index (κ2) is 13.9. The van der Waals surface area contributed by atoms with Crippen molar-refractivity contribution in [1.29, 1.82) is 0 Å². The highest BCUT2D eigenvalue weighted by Gasteiger charge is 2.06. The standard InChI is InChI=1S/C12H27NO4/c1-4-5-13-12(10-15-3)11-17-9-8-16-7-6-14-2/h12-13H,4-11H2,1-3H3. The molecule has 0 spiro atoms. The molecule has 5 heteroatoms. The van der Waals surface area contributed by atoms with Crippen molar-refractivity contribution in [2.75, 3.05) is 60.4 Å². The first kappa shape index (κ1) is 16.8. The molecule has 0 saturated heterocycles. The Morgan fingerprint density at radius 2 is 1.59 bits per heavy atom. The third-order valence-corrected chi connectivity index (χ3v) is 2.17. The Hall–Kier alpha value is -0.200. The molecule has 1 atom stereocenters. The Balaban J connectivity index is 3.34. The summed E-state index contributed by atoms with van der Waals surface area (Å²) in [4.78, 5) is 0. The van der Waals surface area contributed by atoms with E-state index < -0.39 is 0 Å². The molecule has 0 aliphatic carbocycles. The molecule has 0 aliphatic heterocycles. The molecule has 0 bridgehead atoms. The third-order valence-electron chi connectivity index (χ3n) is 2.17. The van der Waals surface area contributed by atoms with Gasteiger partial charge in [-0.2, -0.15) is 0 Å². The number of hydrogen-bond acceptors (Lipinski definition) is 5. The molecule has 0 rings (SSSR count). The maximum atomic E-state index is 5.52. The molecule has 0 radical (unpaired) electrons. The van der Waals surface area contributed by atoms with Crippen molar-refractivity contribution >= 4 is 0 Å². The van der Waals surface area contributed by atoms with Crippen LogP contribution >= 0.6 is 0 Å². The summed E-state index contributed by atoms with van der Waals surface area (Å²) in [6.07, 6.45) is 1.11. The molecule has 104 valence electrons. The molecule has 0 fully saturated rings. The van der Waals surface area contributed by atoms with Crippen LogP contribution in [0.4, 0.5) is 0 Å². The van der Waals surface area contributed by atoms with Crippen molar-refractivity contribution in [2.24, 2.45) is 0 Å². The zero-order valence-electron chi connectivity index (χ0n) is 11.4. The second-order valence-electron chi connectivity index (χ2n) is 3.79. The van der Waals surface area contributed by atoms with E-state index in [2.05, 4.69) is 12.2 Å². The number of methoxy groups -OCH3 is 2. The van der Waals surface area contributed by atoms with Gasteiger partial charge in [-0.3, -0.25) is 0 Å². The van der Waals surface area contributed by atoms with Crippen LogP contribution in [-0.4, -0.2) is 66.4 Å². The second-order valence-corrected chi connectivity index (χ2v) is 3.79. The lowest BCUT2D eigenvalue weighted by molar-refractivity contribution is 0.0125. The predicted octanol–water partition coefficient (Wildman–Crippen LogP) is 0.681. The smallest absolute Gasteiger partial charge is 0.0701 e. The van der Waals surface area contributed by atoms with E-state index in [1.165, 1.54) is 0 Å². The minimum Gasteiger partial charge on any atom is -0.383 e. The lowest BCUT2D eigenvalue weighted by atomic mass is 10.3. The highest BCUT2D eigenvalue weighted by Crippen LogP contribution is 1.89. The van der Waals surface area contributed by atoms with Gasteiger partial charge < -0.3 is 24.3 Å². The van der Waals surface area contributed by atoms with E-state index in [1.54, 1.807) is 14.2 Å². The molecule has 5 nitrogen and oxygen atoms in total. The number of ether oxygens (including phenoxy) is 4. The van der Waals surface area contributed by atoms with Gasteiger partial charge in [0, 0.05) is 14.2 Å². The monoisotopic (exact) mass is 249 g/mol. The first-order chi connectivity index (χ1) is 8.35. The highest BCUT2D eigenvalue weighted by molar-refractivity contribution is 4.64. The largest absolute Gasteiger partial charge is 0.383 e. The lowest BCUT2D eigenvalue weighted by Crippen LogP contribution is -2.38. The fraction of sp³-hybridized carbons (Fsp3) is 1.00. The van der Waals surface area contributed by atoms with E-state index in [9.17, 15) is 0 Å². The average Bonchev–Trinajstić information content (AvgIpc) is 2.34. The van der Waals surface area contributed by atoms with Crippen LogP contribution < -0.4 is 5.32 Å². The molecule has 17 heavy (non-hydrogen) atoms. The van der Waals surface area contributed by atoms with Gasteiger partial charge in [-0.1, -0.05) is 6.92 Å². The summed E-state index contributed by atoms with van der Waals surface area (Å²) in [5, 5.41) is 3.37. The van der Waals surface area contributed by atoms with Crippen LogP contribution in [0.15, 0.2) is 0 Å². The van der Waals surface area contributed by atoms with Gasteiger partial charge in [0.2, 0.25) is 0 Å². The first-order valence-electron chi connectivity index (χ1n) is 6.21. The topological polar surface area (TPSA) is 49.0 Å². The van der Waals surface area contributed by atoms with Crippen LogP contribution in [0.5, 0.6) is 0 Å². The Morgan fingerprint density at radius 1 is 0.882 bits per heavy atom. The Bertz CT molecular complexity index is 146. The molecular weight excluding hydrogens is 222 g/mol. The van der Waals surface area contributed by atoms with Gasteiger partial charge in [-0.05, 0) is 13.0 Å². The number of hydrogen-bond donors (Lipinski definition) is 1. The molecular formula is C12H27NO4. The van der Waals surface area contributed by atoms with Gasteiger partial charge in [0.25, 0.3) is 0 Å². The van der Waals surface area contributed by atoms with Crippen molar-refractivity contribution in [3.05, 3.63) is 0 Å². The molecule has 0 aliphatic rings. The van der Waals surface area contributed by atoms with Crippen molar-refractivity contribution in [2.45, 2.75) is 19.4 Å². The quantitative estimate of drug-likeness (QED) is 0.486. The molecule has 0 amide bonds. The van der Waals surface area contributed by atoms with Crippen molar-refractivity contribution in [3.63, 3.8) is 0 Å². The molecule has 1 N–H and O–H groups in total. The SMILES string of the molecule is CCCNC(COC)COCCOCCOC. The van der Waals surface area contributed by atoms with Crippen LogP contribution in [0.1, 0.15) is 13.3 Å². The van der Waals surface area contributed by atoms with Gasteiger partial charge in [0.05, 0.1) is 45.7 Å². The van der Waals surface area contributed by atoms with Crippen LogP contribution in [-0.2, 0) is 18.9 Å². The summed E-state index contributed by atoms with van der Waals surface area (Å²) >= 11 is 0. The molecule has 0 aromatic heterocycles. The minimum atomic E-state index is 0.263. The van der Waals surface area contributed by atoms with Gasteiger partial charge in [-0.15, -0.1) is 0 Å². The lowest BCUT2D eigenvalue weighted by Gasteiger charge is -2.17. The van der Waals surface area contributed by atoms with Crippen LogP contribution in [0, 0.1) is 0 Å². The highest BCUT2D eigenvalue weighted by atomic mass is 16.5. The summed E-state index contributed by atoms with van der Waals surface area (Å²) in [5.41, 5.74) is 0. The Kier molecular flexibility index (Phi) is 13.7. The third kappa shape index (κ3) is 12.1. The predicted molar refractivity (Wildman–Crippen MR) is 67.5 cm³/mol. The van der Waals surface area contributed by atoms with Crippen LogP contribution in [0.25, 0.3) is 0 Å². The van der Waals surface area contributed by atoms with Crippen LogP contribution in [0.3, 0.4) is 0 Å². The van der Waals surface area contributed by atoms with Crippen LogP contribution in [0.2, 0.25) is 0 Å². The fourth-order valence-electron chi connectivity index (χ4n) is 1.30. The van der Waals surface area contributed by atoms with E-state index in [0.29, 0.717) is 39.6 Å². The van der Waals surface area contributed by atoms with Crippen molar-refractivity contribution in [1.82, 2.24) is 5.32 Å². The minimum absolute atomic E-state index is 0.263. The van der Waals surface area contributed by atoms with E-state index in [1.807, 2.05) is 0 Å². The maximum Gasteiger partial charge on any atom is 0.0701 e. The van der Waals surface area contributed by atoms with Crippen molar-refractivity contribution in [3.8, 4) is 0 Å². The van der Waals surface area contributed by atoms with Gasteiger partial charge in [0.1, 0.15) is 0 Å². The van der Waals surface area contributed by atoms with Gasteiger partial charge in [0.15, 0.2) is 0 Å². The Labute approximate surface area is 105 Å². The van der Waals surface area contributed by atoms with E-state index in [-0.39, 0.29) is 6.04 Å². The van der Waals surface area contributed by atoms with Crippen molar-refractivity contribution < 1.29 is 18.9 Å². The average molecular weight is 249 g/mol. The molecule has 0 aromatic rings. The molecule has 0 heterocycles. The normalized spacial score (nSPS) is 12.9. The summed E-state index contributed by atoms with van der Waals surface area (Å²) < 4.78 is 20.8.